The van der Waals surface area contributed by atoms with Crippen molar-refractivity contribution >= 4 is 5.91 Å². The van der Waals surface area contributed by atoms with E-state index in [1.165, 1.54) is 18.4 Å². The molecule has 2 aliphatic rings. The molecule has 84 valence electrons. The second-order valence-electron chi connectivity index (χ2n) is 5.08. The Labute approximate surface area is 96.1 Å². The summed E-state index contributed by atoms with van der Waals surface area (Å²) in [5.74, 6) is 1.36. The van der Waals surface area contributed by atoms with Crippen LogP contribution in [0, 0.1) is 11.8 Å². The Morgan fingerprint density at radius 2 is 1.94 bits per heavy atom. The maximum absolute atomic E-state index is 11.8. The molecular weight excluding hydrogens is 198 g/mol. The number of benzene rings is 1. The second-order valence-corrected chi connectivity index (χ2v) is 5.08. The minimum Gasteiger partial charge on any atom is -0.349 e. The van der Waals surface area contributed by atoms with Gasteiger partial charge in [0.1, 0.15) is 0 Å². The lowest BCUT2D eigenvalue weighted by atomic mass is 9.95. The first-order valence-corrected chi connectivity index (χ1v) is 6.18. The number of nitrogens with one attached hydrogen (secondary N) is 1. The molecule has 1 aliphatic heterocycles. The topological polar surface area (TPSA) is 29.1 Å². The zero-order valence-corrected chi connectivity index (χ0v) is 9.36. The summed E-state index contributed by atoms with van der Waals surface area (Å²) in [5.41, 5.74) is 1.24. The quantitative estimate of drug-likeness (QED) is 0.825. The van der Waals surface area contributed by atoms with Gasteiger partial charge in [-0.3, -0.25) is 4.79 Å². The zero-order valence-electron chi connectivity index (χ0n) is 9.36. The molecule has 1 aliphatic carbocycles. The van der Waals surface area contributed by atoms with Gasteiger partial charge in [0.15, 0.2) is 0 Å². The monoisotopic (exact) mass is 215 g/mol. The van der Waals surface area contributed by atoms with Gasteiger partial charge in [0.2, 0.25) is 5.91 Å². The number of hydrogen-bond acceptors (Lipinski definition) is 1. The zero-order chi connectivity index (χ0) is 11.0. The summed E-state index contributed by atoms with van der Waals surface area (Å²) in [7, 11) is 0. The van der Waals surface area contributed by atoms with E-state index in [2.05, 4.69) is 17.4 Å². The molecule has 1 aromatic carbocycles. The normalized spacial score (nSPS) is 29.1. The third-order valence-corrected chi connectivity index (χ3v) is 3.72. The predicted octanol–water partition coefficient (Wildman–Crippen LogP) is 2.66. The van der Waals surface area contributed by atoms with Gasteiger partial charge in [-0.1, -0.05) is 43.2 Å². The average Bonchev–Trinajstić information content (AvgIpc) is 3.05. The summed E-state index contributed by atoms with van der Waals surface area (Å²) >= 11 is 0. The van der Waals surface area contributed by atoms with E-state index in [-0.39, 0.29) is 17.9 Å². The van der Waals surface area contributed by atoms with Crippen molar-refractivity contribution in [2.75, 3.05) is 0 Å². The highest BCUT2D eigenvalue weighted by Gasteiger charge is 2.36. The van der Waals surface area contributed by atoms with E-state index in [1.807, 2.05) is 18.2 Å². The van der Waals surface area contributed by atoms with Gasteiger partial charge >= 0.3 is 0 Å². The summed E-state index contributed by atoms with van der Waals surface area (Å²) in [6.45, 7) is 0. The maximum Gasteiger partial charge on any atom is 0.223 e. The summed E-state index contributed by atoms with van der Waals surface area (Å²) in [4.78, 5) is 11.8. The van der Waals surface area contributed by atoms with Gasteiger partial charge in [-0.05, 0) is 24.3 Å². The molecule has 0 spiro atoms. The molecule has 1 N–H and O–H groups in total. The molecule has 1 amide bonds. The molecular formula is C14H17NO. The van der Waals surface area contributed by atoms with Gasteiger partial charge in [0.25, 0.3) is 0 Å². The molecule has 1 saturated heterocycles. The third-order valence-electron chi connectivity index (χ3n) is 3.72. The number of amides is 1. The van der Waals surface area contributed by atoms with Crippen LogP contribution in [0.1, 0.15) is 37.3 Å². The van der Waals surface area contributed by atoms with Gasteiger partial charge in [-0.25, -0.2) is 0 Å². The molecule has 3 rings (SSSR count). The van der Waals surface area contributed by atoms with Crippen molar-refractivity contribution in [3.05, 3.63) is 35.9 Å². The second kappa shape index (κ2) is 3.93. The fraction of sp³-hybridized carbons (Fsp3) is 0.500. The highest BCUT2D eigenvalue weighted by Crippen LogP contribution is 2.40. The lowest BCUT2D eigenvalue weighted by molar-refractivity contribution is -0.122. The van der Waals surface area contributed by atoms with Crippen molar-refractivity contribution in [3.63, 3.8) is 0 Å². The first-order valence-electron chi connectivity index (χ1n) is 6.18. The summed E-state index contributed by atoms with van der Waals surface area (Å²) < 4.78 is 0. The van der Waals surface area contributed by atoms with Crippen molar-refractivity contribution in [3.8, 4) is 0 Å². The maximum atomic E-state index is 11.8. The van der Waals surface area contributed by atoms with E-state index >= 15 is 0 Å². The largest absolute Gasteiger partial charge is 0.349 e. The predicted molar refractivity (Wildman–Crippen MR) is 62.8 cm³/mol. The Morgan fingerprint density at radius 1 is 1.19 bits per heavy atom. The first-order chi connectivity index (χ1) is 7.83. The van der Waals surface area contributed by atoms with Crippen molar-refractivity contribution in [2.45, 2.75) is 31.7 Å². The number of carbonyl (C=O) groups is 1. The van der Waals surface area contributed by atoms with E-state index in [4.69, 9.17) is 0 Å². The summed E-state index contributed by atoms with van der Waals surface area (Å²) in [6, 6.07) is 10.5. The van der Waals surface area contributed by atoms with Crippen molar-refractivity contribution in [1.29, 1.82) is 0 Å². The van der Waals surface area contributed by atoms with Crippen molar-refractivity contribution < 1.29 is 4.79 Å². The molecule has 2 atom stereocenters. The van der Waals surface area contributed by atoms with Gasteiger partial charge in [0, 0.05) is 5.92 Å². The SMILES string of the molecule is O=C1NC(c2ccccc2)CC1CC1CC1. The highest BCUT2D eigenvalue weighted by molar-refractivity contribution is 5.81. The molecule has 1 aromatic rings. The summed E-state index contributed by atoms with van der Waals surface area (Å²) in [6.07, 6.45) is 4.76. The van der Waals surface area contributed by atoms with Gasteiger partial charge in [-0.2, -0.15) is 0 Å². The Kier molecular flexibility index (Phi) is 2.43. The molecule has 1 heterocycles. The smallest absolute Gasteiger partial charge is 0.223 e. The fourth-order valence-corrected chi connectivity index (χ4v) is 2.60. The molecule has 0 radical (unpaired) electrons. The Balaban J connectivity index is 1.68. The van der Waals surface area contributed by atoms with Crippen molar-refractivity contribution in [1.82, 2.24) is 5.32 Å². The standard InChI is InChI=1S/C14H17NO/c16-14-12(8-10-6-7-10)9-13(15-14)11-4-2-1-3-5-11/h1-5,10,12-13H,6-9H2,(H,15,16). The Morgan fingerprint density at radius 3 is 2.62 bits per heavy atom. The molecule has 0 aromatic heterocycles. The molecule has 2 heteroatoms. The summed E-state index contributed by atoms with van der Waals surface area (Å²) in [5, 5.41) is 3.11. The van der Waals surface area contributed by atoms with Crippen LogP contribution in [-0.4, -0.2) is 5.91 Å². The molecule has 1 saturated carbocycles. The first kappa shape index (κ1) is 9.88. The van der Waals surface area contributed by atoms with Gasteiger partial charge in [0.05, 0.1) is 6.04 Å². The lowest BCUT2D eigenvalue weighted by Crippen LogP contribution is -2.21. The van der Waals surface area contributed by atoms with Crippen LogP contribution in [0.3, 0.4) is 0 Å². The highest BCUT2D eigenvalue weighted by atomic mass is 16.2. The van der Waals surface area contributed by atoms with E-state index in [0.717, 1.165) is 18.8 Å². The number of hydrogen-bond donors (Lipinski definition) is 1. The number of rotatable bonds is 3. The van der Waals surface area contributed by atoms with Crippen LogP contribution in [0.25, 0.3) is 0 Å². The van der Waals surface area contributed by atoms with Crippen LogP contribution in [0.2, 0.25) is 0 Å². The van der Waals surface area contributed by atoms with E-state index < -0.39 is 0 Å². The van der Waals surface area contributed by atoms with Crippen LogP contribution < -0.4 is 5.32 Å². The van der Waals surface area contributed by atoms with Gasteiger partial charge in [-0.15, -0.1) is 0 Å². The van der Waals surface area contributed by atoms with E-state index in [1.54, 1.807) is 0 Å². The third kappa shape index (κ3) is 1.97. The van der Waals surface area contributed by atoms with E-state index in [0.29, 0.717) is 0 Å². The minimum atomic E-state index is 0.248. The molecule has 2 nitrogen and oxygen atoms in total. The van der Waals surface area contributed by atoms with Crippen LogP contribution in [0.4, 0.5) is 0 Å². The molecule has 2 fully saturated rings. The minimum absolute atomic E-state index is 0.248. The van der Waals surface area contributed by atoms with Crippen LogP contribution in [0.5, 0.6) is 0 Å². The Hall–Kier alpha value is -1.31. The molecule has 2 unspecified atom stereocenters. The fourth-order valence-electron chi connectivity index (χ4n) is 2.60. The molecule has 16 heavy (non-hydrogen) atoms. The number of carbonyl (C=O) groups excluding carboxylic acids is 1. The van der Waals surface area contributed by atoms with Crippen LogP contribution >= 0.6 is 0 Å². The van der Waals surface area contributed by atoms with Gasteiger partial charge < -0.3 is 5.32 Å². The molecule has 0 bridgehead atoms. The average molecular weight is 215 g/mol. The lowest BCUT2D eigenvalue weighted by Gasteiger charge is -2.09. The van der Waals surface area contributed by atoms with E-state index in [9.17, 15) is 4.79 Å². The van der Waals surface area contributed by atoms with Crippen LogP contribution in [0.15, 0.2) is 30.3 Å². The Bertz CT molecular complexity index is 383. The van der Waals surface area contributed by atoms with Crippen molar-refractivity contribution in [2.24, 2.45) is 11.8 Å². The van der Waals surface area contributed by atoms with Crippen LogP contribution in [-0.2, 0) is 4.79 Å².